The van der Waals surface area contributed by atoms with Crippen LogP contribution in [0.4, 0.5) is 5.69 Å². The van der Waals surface area contributed by atoms with Crippen LogP contribution in [0.25, 0.3) is 0 Å². The molecule has 0 aliphatic rings. The molecule has 1 heteroatoms. The molecule has 0 radical (unpaired) electrons. The van der Waals surface area contributed by atoms with Crippen LogP contribution in [-0.2, 0) is 0 Å². The normalized spacial score (nSPS) is 12.4. The molecule has 0 saturated heterocycles. The van der Waals surface area contributed by atoms with Crippen molar-refractivity contribution in [3.05, 3.63) is 30.3 Å². The molecule has 0 saturated carbocycles. The number of hydrogen-bond donors (Lipinski definition) is 1. The zero-order valence-corrected chi connectivity index (χ0v) is 10.00. The molecule has 0 bridgehead atoms. The highest BCUT2D eigenvalue weighted by atomic mass is 14.9. The summed E-state index contributed by atoms with van der Waals surface area (Å²) < 4.78 is 0. The molecule has 0 amide bonds. The summed E-state index contributed by atoms with van der Waals surface area (Å²) in [4.78, 5) is 0. The average molecular weight is 205 g/mol. The van der Waals surface area contributed by atoms with Crippen LogP contribution in [0.3, 0.4) is 0 Å². The van der Waals surface area contributed by atoms with Gasteiger partial charge in [0.2, 0.25) is 0 Å². The van der Waals surface area contributed by atoms with E-state index in [1.165, 1.54) is 37.8 Å². The fourth-order valence-corrected chi connectivity index (χ4v) is 1.77. The van der Waals surface area contributed by atoms with E-state index in [0.29, 0.717) is 6.04 Å². The molecule has 1 rings (SSSR count). The minimum atomic E-state index is 0.587. The smallest absolute Gasteiger partial charge is 0.0342 e. The summed E-state index contributed by atoms with van der Waals surface area (Å²) in [6.45, 7) is 4.52. The minimum Gasteiger partial charge on any atom is -0.383 e. The Morgan fingerprint density at radius 2 is 1.80 bits per heavy atom. The molecule has 84 valence electrons. The van der Waals surface area contributed by atoms with Crippen LogP contribution in [-0.4, -0.2) is 6.04 Å². The van der Waals surface area contributed by atoms with Gasteiger partial charge in [-0.3, -0.25) is 0 Å². The molecule has 1 N–H and O–H groups in total. The van der Waals surface area contributed by atoms with Crippen LogP contribution in [0, 0.1) is 0 Å². The van der Waals surface area contributed by atoms with Gasteiger partial charge in [0.25, 0.3) is 0 Å². The van der Waals surface area contributed by atoms with Gasteiger partial charge in [-0.05, 0) is 25.5 Å². The van der Waals surface area contributed by atoms with E-state index in [4.69, 9.17) is 0 Å². The van der Waals surface area contributed by atoms with Crippen molar-refractivity contribution in [3.8, 4) is 0 Å². The molecule has 15 heavy (non-hydrogen) atoms. The van der Waals surface area contributed by atoms with E-state index in [-0.39, 0.29) is 0 Å². The fourth-order valence-electron chi connectivity index (χ4n) is 1.77. The minimum absolute atomic E-state index is 0.587. The van der Waals surface area contributed by atoms with Crippen molar-refractivity contribution in [1.29, 1.82) is 0 Å². The maximum Gasteiger partial charge on any atom is 0.0342 e. The predicted octanol–water partition coefficient (Wildman–Crippen LogP) is 4.46. The molecule has 0 spiro atoms. The van der Waals surface area contributed by atoms with Gasteiger partial charge in [0.05, 0.1) is 0 Å². The van der Waals surface area contributed by atoms with Crippen molar-refractivity contribution in [1.82, 2.24) is 0 Å². The first-order chi connectivity index (χ1) is 7.33. The Labute approximate surface area is 93.9 Å². The Bertz CT molecular complexity index is 243. The zero-order valence-electron chi connectivity index (χ0n) is 10.00. The highest BCUT2D eigenvalue weighted by Crippen LogP contribution is 2.11. The highest BCUT2D eigenvalue weighted by molar-refractivity contribution is 5.43. The lowest BCUT2D eigenvalue weighted by Crippen LogP contribution is -2.14. The first-order valence-electron chi connectivity index (χ1n) is 6.14. The standard InChI is InChI=1S/C14H23N/c1-3-4-5-7-10-13(2)15-14-11-8-6-9-12-14/h6,8-9,11-13,15H,3-5,7,10H2,1-2H3. The van der Waals surface area contributed by atoms with Crippen molar-refractivity contribution in [2.24, 2.45) is 0 Å². The molecule has 1 unspecified atom stereocenters. The number of benzene rings is 1. The second-order valence-corrected chi connectivity index (χ2v) is 4.26. The van der Waals surface area contributed by atoms with E-state index in [2.05, 4.69) is 49.5 Å². The molecule has 0 heterocycles. The predicted molar refractivity (Wildman–Crippen MR) is 68.3 cm³/mol. The molecule has 1 aromatic rings. The van der Waals surface area contributed by atoms with E-state index in [1.54, 1.807) is 0 Å². The van der Waals surface area contributed by atoms with Crippen molar-refractivity contribution in [2.45, 2.75) is 52.0 Å². The summed E-state index contributed by atoms with van der Waals surface area (Å²) in [5, 5.41) is 3.52. The van der Waals surface area contributed by atoms with Gasteiger partial charge in [-0.1, -0.05) is 50.8 Å². The highest BCUT2D eigenvalue weighted by Gasteiger charge is 2.00. The number of unbranched alkanes of at least 4 members (excludes halogenated alkanes) is 3. The zero-order chi connectivity index (χ0) is 10.9. The molecule has 0 aromatic heterocycles. The van der Waals surface area contributed by atoms with E-state index in [0.717, 1.165) is 0 Å². The van der Waals surface area contributed by atoms with Crippen LogP contribution < -0.4 is 5.32 Å². The summed E-state index contributed by atoms with van der Waals surface area (Å²) in [5.41, 5.74) is 1.24. The van der Waals surface area contributed by atoms with E-state index in [1.807, 2.05) is 0 Å². The Balaban J connectivity index is 2.16. The molecule has 1 atom stereocenters. The van der Waals surface area contributed by atoms with Crippen LogP contribution >= 0.6 is 0 Å². The lowest BCUT2D eigenvalue weighted by atomic mass is 10.1. The van der Waals surface area contributed by atoms with Gasteiger partial charge in [0.1, 0.15) is 0 Å². The number of para-hydroxylation sites is 1. The third-order valence-electron chi connectivity index (χ3n) is 2.68. The average Bonchev–Trinajstić information content (AvgIpc) is 2.26. The van der Waals surface area contributed by atoms with E-state index < -0.39 is 0 Å². The molecule has 0 aliphatic carbocycles. The Kier molecular flexibility index (Phi) is 5.91. The number of anilines is 1. The van der Waals surface area contributed by atoms with Crippen LogP contribution in [0.5, 0.6) is 0 Å². The molecule has 1 nitrogen and oxygen atoms in total. The van der Waals surface area contributed by atoms with Gasteiger partial charge in [0.15, 0.2) is 0 Å². The summed E-state index contributed by atoms with van der Waals surface area (Å²) >= 11 is 0. The van der Waals surface area contributed by atoms with Crippen molar-refractivity contribution < 1.29 is 0 Å². The SMILES string of the molecule is CCCCCCC(C)Nc1ccccc1. The van der Waals surface area contributed by atoms with E-state index in [9.17, 15) is 0 Å². The van der Waals surface area contributed by atoms with Gasteiger partial charge in [-0.15, -0.1) is 0 Å². The Morgan fingerprint density at radius 1 is 1.07 bits per heavy atom. The molecular formula is C14H23N. The monoisotopic (exact) mass is 205 g/mol. The Morgan fingerprint density at radius 3 is 2.47 bits per heavy atom. The quantitative estimate of drug-likeness (QED) is 0.648. The first-order valence-corrected chi connectivity index (χ1v) is 6.14. The van der Waals surface area contributed by atoms with Crippen LogP contribution in [0.15, 0.2) is 30.3 Å². The number of rotatable bonds is 7. The largest absolute Gasteiger partial charge is 0.383 e. The lowest BCUT2D eigenvalue weighted by Gasteiger charge is -2.14. The van der Waals surface area contributed by atoms with Crippen LogP contribution in [0.1, 0.15) is 46.0 Å². The maximum atomic E-state index is 3.52. The van der Waals surface area contributed by atoms with Gasteiger partial charge < -0.3 is 5.32 Å². The summed E-state index contributed by atoms with van der Waals surface area (Å²) in [6, 6.07) is 11.0. The second kappa shape index (κ2) is 7.33. The third kappa shape index (κ3) is 5.46. The summed E-state index contributed by atoms with van der Waals surface area (Å²) in [6.07, 6.45) is 6.68. The van der Waals surface area contributed by atoms with Crippen molar-refractivity contribution >= 4 is 5.69 Å². The number of hydrogen-bond acceptors (Lipinski definition) is 1. The summed E-state index contributed by atoms with van der Waals surface area (Å²) in [7, 11) is 0. The van der Waals surface area contributed by atoms with Crippen molar-refractivity contribution in [3.63, 3.8) is 0 Å². The summed E-state index contributed by atoms with van der Waals surface area (Å²) in [5.74, 6) is 0. The van der Waals surface area contributed by atoms with Gasteiger partial charge in [-0.25, -0.2) is 0 Å². The Hall–Kier alpha value is -0.980. The number of nitrogens with one attached hydrogen (secondary N) is 1. The molecule has 0 fully saturated rings. The first kappa shape index (κ1) is 12.1. The van der Waals surface area contributed by atoms with Gasteiger partial charge >= 0.3 is 0 Å². The van der Waals surface area contributed by atoms with Gasteiger partial charge in [0, 0.05) is 11.7 Å². The van der Waals surface area contributed by atoms with Gasteiger partial charge in [-0.2, -0.15) is 0 Å². The fraction of sp³-hybridized carbons (Fsp3) is 0.571. The van der Waals surface area contributed by atoms with Crippen LogP contribution in [0.2, 0.25) is 0 Å². The maximum absolute atomic E-state index is 3.52. The molecule has 1 aromatic carbocycles. The third-order valence-corrected chi connectivity index (χ3v) is 2.68. The topological polar surface area (TPSA) is 12.0 Å². The molecular weight excluding hydrogens is 182 g/mol. The van der Waals surface area contributed by atoms with E-state index >= 15 is 0 Å². The van der Waals surface area contributed by atoms with Crippen molar-refractivity contribution in [2.75, 3.05) is 5.32 Å². The molecule has 0 aliphatic heterocycles. The lowest BCUT2D eigenvalue weighted by molar-refractivity contribution is 0.594. The second-order valence-electron chi connectivity index (χ2n) is 4.26.